The molecule has 3 amide bonds. The number of aromatic amines is 1. The number of carbonyl (C=O) groups excluding carboxylic acids is 3. The van der Waals surface area contributed by atoms with E-state index >= 15 is 0 Å². The first-order chi connectivity index (χ1) is 18.8. The highest BCUT2D eigenvalue weighted by molar-refractivity contribution is 7.80. The fourth-order valence-corrected chi connectivity index (χ4v) is 5.17. The summed E-state index contributed by atoms with van der Waals surface area (Å²) in [6, 6.07) is 13.1. The summed E-state index contributed by atoms with van der Waals surface area (Å²) in [7, 11) is 0. The fourth-order valence-electron chi connectivity index (χ4n) is 4.93. The molecule has 4 rings (SSSR count). The molecule has 1 aliphatic rings. The summed E-state index contributed by atoms with van der Waals surface area (Å²) in [4.78, 5) is 56.0. The molecule has 0 radical (unpaired) electrons. The average Bonchev–Trinajstić information content (AvgIpc) is 3.59. The normalized spacial score (nSPS) is 17.4. The van der Waals surface area contributed by atoms with Gasteiger partial charge in [0.15, 0.2) is 0 Å². The predicted octanol–water partition coefficient (Wildman–Crippen LogP) is 1.26. The number of nitrogens with zero attached hydrogens (tertiary/aromatic N) is 1. The van der Waals surface area contributed by atoms with Crippen molar-refractivity contribution in [1.29, 1.82) is 0 Å². The van der Waals surface area contributed by atoms with E-state index in [-0.39, 0.29) is 18.1 Å². The number of hydrogen-bond acceptors (Lipinski definition) is 6. The Hall–Kier alpha value is -3.83. The molecule has 4 atom stereocenters. The van der Waals surface area contributed by atoms with Crippen LogP contribution in [-0.2, 0) is 32.0 Å². The number of rotatable bonds is 11. The molecular formula is C28H33N5O5S. The lowest BCUT2D eigenvalue weighted by molar-refractivity contribution is -0.142. The molecule has 11 heteroatoms. The summed E-state index contributed by atoms with van der Waals surface area (Å²) < 4.78 is 0. The molecule has 4 unspecified atom stereocenters. The summed E-state index contributed by atoms with van der Waals surface area (Å²) >= 11 is 4.02. The van der Waals surface area contributed by atoms with E-state index in [1.807, 2.05) is 54.6 Å². The van der Waals surface area contributed by atoms with Crippen LogP contribution in [0.1, 0.15) is 24.0 Å². The van der Waals surface area contributed by atoms with E-state index in [0.717, 1.165) is 22.0 Å². The van der Waals surface area contributed by atoms with Gasteiger partial charge in [-0.15, -0.1) is 0 Å². The fraction of sp³-hybridized carbons (Fsp3) is 0.357. The number of nitrogens with two attached hydrogens (primary N) is 1. The van der Waals surface area contributed by atoms with E-state index in [2.05, 4.69) is 28.2 Å². The zero-order valence-corrected chi connectivity index (χ0v) is 22.3. The van der Waals surface area contributed by atoms with E-state index in [1.54, 1.807) is 6.20 Å². The predicted molar refractivity (Wildman–Crippen MR) is 150 cm³/mol. The van der Waals surface area contributed by atoms with E-state index in [9.17, 15) is 24.3 Å². The number of carbonyl (C=O) groups is 4. The van der Waals surface area contributed by atoms with Crippen molar-refractivity contribution in [3.63, 3.8) is 0 Å². The van der Waals surface area contributed by atoms with Crippen LogP contribution < -0.4 is 16.4 Å². The molecule has 1 saturated heterocycles. The first-order valence-corrected chi connectivity index (χ1v) is 13.5. The first-order valence-electron chi connectivity index (χ1n) is 12.9. The molecule has 10 nitrogen and oxygen atoms in total. The Morgan fingerprint density at radius 2 is 1.74 bits per heavy atom. The van der Waals surface area contributed by atoms with Crippen LogP contribution in [0.15, 0.2) is 60.8 Å². The minimum Gasteiger partial charge on any atom is -0.480 e. The van der Waals surface area contributed by atoms with Gasteiger partial charge in [0.2, 0.25) is 17.7 Å². The van der Waals surface area contributed by atoms with Crippen LogP contribution in [0.5, 0.6) is 0 Å². The third-order valence-corrected chi connectivity index (χ3v) is 7.35. The van der Waals surface area contributed by atoms with E-state index < -0.39 is 42.0 Å². The lowest BCUT2D eigenvalue weighted by Crippen LogP contribution is -2.57. The quantitative estimate of drug-likeness (QED) is 0.197. The summed E-state index contributed by atoms with van der Waals surface area (Å²) in [5.74, 6) is -2.79. The number of H-pyrrole nitrogens is 1. The van der Waals surface area contributed by atoms with Crippen molar-refractivity contribution in [2.75, 3.05) is 12.3 Å². The zero-order valence-electron chi connectivity index (χ0n) is 21.4. The van der Waals surface area contributed by atoms with Crippen molar-refractivity contribution in [1.82, 2.24) is 20.5 Å². The molecule has 0 saturated carbocycles. The highest BCUT2D eigenvalue weighted by Crippen LogP contribution is 2.22. The molecule has 3 aromatic rings. The Bertz CT molecular complexity index is 1330. The number of thiol groups is 1. The third kappa shape index (κ3) is 6.79. The second kappa shape index (κ2) is 12.8. The van der Waals surface area contributed by atoms with Gasteiger partial charge in [0.1, 0.15) is 18.1 Å². The Balaban J connectivity index is 1.50. The number of nitrogens with one attached hydrogen (secondary N) is 3. The van der Waals surface area contributed by atoms with Crippen LogP contribution in [-0.4, -0.2) is 75.1 Å². The van der Waals surface area contributed by atoms with Gasteiger partial charge in [-0.1, -0.05) is 48.5 Å². The lowest BCUT2D eigenvalue weighted by atomic mass is 10.0. The van der Waals surface area contributed by atoms with Crippen LogP contribution in [0.4, 0.5) is 0 Å². The maximum atomic E-state index is 13.5. The minimum absolute atomic E-state index is 0.112. The van der Waals surface area contributed by atoms with Crippen molar-refractivity contribution in [3.05, 3.63) is 71.9 Å². The number of benzene rings is 2. The van der Waals surface area contributed by atoms with Crippen LogP contribution >= 0.6 is 12.6 Å². The molecule has 2 heterocycles. The second-order valence-corrected chi connectivity index (χ2v) is 10.1. The Morgan fingerprint density at radius 3 is 2.46 bits per heavy atom. The first kappa shape index (κ1) is 28.2. The number of aromatic nitrogens is 1. The smallest absolute Gasteiger partial charge is 0.327 e. The third-order valence-electron chi connectivity index (χ3n) is 6.98. The molecule has 0 spiro atoms. The van der Waals surface area contributed by atoms with Gasteiger partial charge in [-0.05, 0) is 36.5 Å². The molecule has 1 aromatic heterocycles. The molecular weight excluding hydrogens is 518 g/mol. The monoisotopic (exact) mass is 551 g/mol. The maximum absolute atomic E-state index is 13.5. The van der Waals surface area contributed by atoms with Crippen molar-refractivity contribution in [3.8, 4) is 0 Å². The number of hydrogen-bond donors (Lipinski definition) is 6. The lowest BCUT2D eigenvalue weighted by Gasteiger charge is -2.28. The Kier molecular flexibility index (Phi) is 9.26. The second-order valence-electron chi connectivity index (χ2n) is 9.69. The van der Waals surface area contributed by atoms with E-state index in [1.165, 1.54) is 4.90 Å². The molecule has 0 aliphatic carbocycles. The molecule has 206 valence electrons. The van der Waals surface area contributed by atoms with Crippen LogP contribution in [0.2, 0.25) is 0 Å². The van der Waals surface area contributed by atoms with Crippen LogP contribution in [0.3, 0.4) is 0 Å². The number of likely N-dealkylation sites (tertiary alicyclic amines) is 1. The molecule has 6 N–H and O–H groups in total. The number of carboxylic acid groups (broad SMARTS) is 1. The average molecular weight is 552 g/mol. The maximum Gasteiger partial charge on any atom is 0.327 e. The number of para-hydroxylation sites is 1. The van der Waals surface area contributed by atoms with Gasteiger partial charge >= 0.3 is 5.97 Å². The van der Waals surface area contributed by atoms with Crippen molar-refractivity contribution in [2.24, 2.45) is 5.73 Å². The summed E-state index contributed by atoms with van der Waals surface area (Å²) in [5.41, 5.74) is 8.81. The van der Waals surface area contributed by atoms with Crippen molar-refractivity contribution >= 4 is 47.2 Å². The van der Waals surface area contributed by atoms with Gasteiger partial charge in [0, 0.05) is 35.8 Å². The van der Waals surface area contributed by atoms with Gasteiger partial charge in [-0.25, -0.2) is 4.79 Å². The highest BCUT2D eigenvalue weighted by atomic mass is 32.1. The van der Waals surface area contributed by atoms with Crippen LogP contribution in [0.25, 0.3) is 10.9 Å². The largest absolute Gasteiger partial charge is 0.480 e. The van der Waals surface area contributed by atoms with E-state index in [4.69, 9.17) is 5.73 Å². The molecule has 1 fully saturated rings. The topological polar surface area (TPSA) is 158 Å². The number of fused-ring (bicyclic) bond motifs is 1. The zero-order chi connectivity index (χ0) is 27.9. The minimum atomic E-state index is -1.23. The van der Waals surface area contributed by atoms with Crippen molar-refractivity contribution < 1.29 is 24.3 Å². The SMILES string of the molecule is NC(Cc1ccccc1)C(=O)N1CCCC1C(=O)NC(Cc1c[nH]c2ccccc12)C(=O)NC(CS)C(=O)O. The van der Waals surface area contributed by atoms with Crippen molar-refractivity contribution in [2.45, 2.75) is 49.9 Å². The number of amides is 3. The highest BCUT2D eigenvalue weighted by Gasteiger charge is 2.38. The number of aliphatic carboxylic acids is 1. The number of carboxylic acids is 1. The van der Waals surface area contributed by atoms with Gasteiger partial charge in [0.05, 0.1) is 6.04 Å². The molecule has 1 aliphatic heterocycles. The Labute approximate surface area is 231 Å². The van der Waals surface area contributed by atoms with Crippen LogP contribution in [0, 0.1) is 0 Å². The van der Waals surface area contributed by atoms with Gasteiger partial charge in [-0.3, -0.25) is 14.4 Å². The van der Waals surface area contributed by atoms with Gasteiger partial charge in [0.25, 0.3) is 0 Å². The summed E-state index contributed by atoms with van der Waals surface area (Å²) in [6.07, 6.45) is 3.29. The summed E-state index contributed by atoms with van der Waals surface area (Å²) in [5, 5.41) is 15.5. The van der Waals surface area contributed by atoms with Gasteiger partial charge < -0.3 is 31.4 Å². The summed E-state index contributed by atoms with van der Waals surface area (Å²) in [6.45, 7) is 0.388. The molecule has 39 heavy (non-hydrogen) atoms. The molecule has 0 bridgehead atoms. The van der Waals surface area contributed by atoms with Gasteiger partial charge in [-0.2, -0.15) is 12.6 Å². The van der Waals surface area contributed by atoms with E-state index in [0.29, 0.717) is 25.8 Å². The molecule has 2 aromatic carbocycles. The Morgan fingerprint density at radius 1 is 1.03 bits per heavy atom. The standard InChI is InChI=1S/C28H33N5O5S/c29-20(13-17-7-2-1-3-8-17)27(36)33-12-6-11-24(33)26(35)31-22(25(34)32-23(16-39)28(37)38)14-18-15-30-21-10-5-4-9-19(18)21/h1-5,7-10,15,20,22-24,30,39H,6,11-14,16,29H2,(H,31,35)(H,32,34)(H,37,38).